The molecule has 2 fully saturated rings. The Morgan fingerprint density at radius 3 is 2.26 bits per heavy atom. The molecule has 0 bridgehead atoms. The summed E-state index contributed by atoms with van der Waals surface area (Å²) in [5.41, 5.74) is 8.75. The molecule has 9 aliphatic carbocycles. The van der Waals surface area contributed by atoms with E-state index < -0.39 is 0 Å². The van der Waals surface area contributed by atoms with Gasteiger partial charge in [-0.25, -0.2) is 0 Å². The molecular formula is C51H64N2. The fourth-order valence-electron chi connectivity index (χ4n) is 14.6. The minimum absolute atomic E-state index is 0.360. The third kappa shape index (κ3) is 5.33. The average Bonchev–Trinajstić information content (AvgIpc) is 3.81. The third-order valence-corrected chi connectivity index (χ3v) is 17.0. The zero-order chi connectivity index (χ0) is 35.3. The van der Waals surface area contributed by atoms with Crippen LogP contribution < -0.4 is 0 Å². The van der Waals surface area contributed by atoms with E-state index in [1.807, 2.05) is 11.1 Å². The molecule has 0 amide bonds. The molecule has 53 heavy (non-hydrogen) atoms. The molecule has 2 heterocycles. The number of hydrogen-bond acceptors (Lipinski definition) is 2. The first-order valence-electron chi connectivity index (χ1n) is 22.5. The van der Waals surface area contributed by atoms with Gasteiger partial charge < -0.3 is 4.90 Å². The van der Waals surface area contributed by atoms with Gasteiger partial charge in [-0.15, -0.1) is 0 Å². The van der Waals surface area contributed by atoms with Crippen molar-refractivity contribution in [3.05, 3.63) is 119 Å². The highest BCUT2D eigenvalue weighted by atomic mass is 15.3. The summed E-state index contributed by atoms with van der Waals surface area (Å²) in [5.74, 6) is 6.57. The van der Waals surface area contributed by atoms with E-state index in [1.54, 1.807) is 5.57 Å². The fourth-order valence-corrected chi connectivity index (χ4v) is 14.6. The van der Waals surface area contributed by atoms with Crippen LogP contribution in [0.1, 0.15) is 110 Å². The van der Waals surface area contributed by atoms with Crippen molar-refractivity contribution in [1.82, 2.24) is 9.80 Å². The first-order valence-corrected chi connectivity index (χ1v) is 22.5. The summed E-state index contributed by atoms with van der Waals surface area (Å²) in [5, 5.41) is 0. The summed E-state index contributed by atoms with van der Waals surface area (Å²) in [6, 6.07) is 2.34. The van der Waals surface area contributed by atoms with Gasteiger partial charge in [0.15, 0.2) is 0 Å². The van der Waals surface area contributed by atoms with Crippen LogP contribution in [0.25, 0.3) is 0 Å². The van der Waals surface area contributed by atoms with Gasteiger partial charge in [-0.05, 0) is 161 Å². The lowest BCUT2D eigenvalue weighted by Crippen LogP contribution is -2.47. The van der Waals surface area contributed by atoms with Gasteiger partial charge in [-0.1, -0.05) is 110 Å². The Morgan fingerprint density at radius 2 is 1.42 bits per heavy atom. The Morgan fingerprint density at radius 1 is 0.623 bits per heavy atom. The van der Waals surface area contributed by atoms with Crippen molar-refractivity contribution in [1.29, 1.82) is 0 Å². The molecule has 11 rings (SSSR count). The molecule has 11 aliphatic rings. The molecule has 2 heteroatoms. The molecule has 0 radical (unpaired) electrons. The van der Waals surface area contributed by atoms with Crippen LogP contribution in [0.2, 0.25) is 0 Å². The van der Waals surface area contributed by atoms with Crippen LogP contribution in [-0.4, -0.2) is 34.0 Å². The normalized spacial score (nSPS) is 44.8. The van der Waals surface area contributed by atoms with Crippen LogP contribution in [0.4, 0.5) is 0 Å². The molecule has 0 aromatic heterocycles. The van der Waals surface area contributed by atoms with Gasteiger partial charge in [0, 0.05) is 35.4 Å². The van der Waals surface area contributed by atoms with Gasteiger partial charge in [0.2, 0.25) is 0 Å². The number of hydrogen-bond donors (Lipinski definition) is 0. The molecule has 0 aromatic rings. The zero-order valence-corrected chi connectivity index (χ0v) is 32.7. The molecule has 0 spiro atoms. The smallest absolute Gasteiger partial charge is 0.0591 e. The van der Waals surface area contributed by atoms with Crippen LogP contribution in [0.15, 0.2) is 119 Å². The minimum Gasteiger partial charge on any atom is -0.334 e. The van der Waals surface area contributed by atoms with E-state index in [0.29, 0.717) is 59.2 Å². The molecule has 2 saturated heterocycles. The number of fused-ring (bicyclic) bond motifs is 8. The third-order valence-electron chi connectivity index (χ3n) is 17.0. The van der Waals surface area contributed by atoms with Crippen LogP contribution in [0.3, 0.4) is 0 Å². The van der Waals surface area contributed by atoms with Gasteiger partial charge in [-0.3, -0.25) is 4.90 Å². The van der Waals surface area contributed by atoms with Crippen molar-refractivity contribution in [2.45, 2.75) is 134 Å². The van der Waals surface area contributed by atoms with Crippen molar-refractivity contribution in [2.75, 3.05) is 0 Å². The lowest BCUT2D eigenvalue weighted by Gasteiger charge is -2.43. The van der Waals surface area contributed by atoms with Crippen molar-refractivity contribution in [3.63, 3.8) is 0 Å². The van der Waals surface area contributed by atoms with E-state index in [1.165, 1.54) is 108 Å². The molecule has 278 valence electrons. The van der Waals surface area contributed by atoms with Crippen molar-refractivity contribution >= 4 is 0 Å². The SMILES string of the molecule is CC1(C)C2=C(CCCC2)C2CC(N3C4C=CCCC4C4CC(C5C=CC(C6C=C7C(=CC6)N(C6=CCCC=C6)C6C=CCCC76)CC5)C=CC43)C=CC21. The molecular weight excluding hydrogens is 641 g/mol. The maximum absolute atomic E-state index is 3.04. The Kier molecular flexibility index (Phi) is 8.30. The predicted molar refractivity (Wildman–Crippen MR) is 219 cm³/mol. The minimum atomic E-state index is 0.360. The maximum Gasteiger partial charge on any atom is 0.0591 e. The number of likely N-dealkylation sites (tertiary alicyclic amines) is 2. The standard InChI is InChI=1S/C51H64N2/c1-51(2)45-17-9-6-14-39(45)42-32-38(26-27-46(42)51)53-48-19-11-8-16-41(48)44-31-36(25-29-50(44)53)34-22-20-33(21-23-34)35-24-28-49-43(30-35)40-15-7-10-18-47(40)52(49)37-12-4-3-5-13-37/h4,10-13,18-20,22,25-30,33-36,38,40-42,44,46-48,50H,3,5-9,14-17,21,23-24,31-32H2,1-2H3. The summed E-state index contributed by atoms with van der Waals surface area (Å²) in [6.07, 6.45) is 58.9. The maximum atomic E-state index is 3.04. The lowest BCUT2D eigenvalue weighted by atomic mass is 9.68. The predicted octanol–water partition coefficient (Wildman–Crippen LogP) is 12.0. The molecule has 0 aromatic carbocycles. The second-order valence-corrected chi connectivity index (χ2v) is 19.8. The summed E-state index contributed by atoms with van der Waals surface area (Å²) < 4.78 is 0. The van der Waals surface area contributed by atoms with E-state index >= 15 is 0 Å². The highest BCUT2D eigenvalue weighted by molar-refractivity contribution is 5.49. The van der Waals surface area contributed by atoms with E-state index in [-0.39, 0.29) is 0 Å². The lowest BCUT2D eigenvalue weighted by molar-refractivity contribution is 0.136. The number of rotatable bonds is 4. The quantitative estimate of drug-likeness (QED) is 0.269. The zero-order valence-electron chi connectivity index (χ0n) is 32.7. The van der Waals surface area contributed by atoms with E-state index in [4.69, 9.17) is 0 Å². The van der Waals surface area contributed by atoms with Gasteiger partial charge in [0.1, 0.15) is 0 Å². The molecule has 0 N–H and O–H groups in total. The topological polar surface area (TPSA) is 6.48 Å². The Balaban J connectivity index is 0.802. The van der Waals surface area contributed by atoms with Crippen molar-refractivity contribution < 1.29 is 0 Å². The van der Waals surface area contributed by atoms with Crippen LogP contribution in [0.5, 0.6) is 0 Å². The van der Waals surface area contributed by atoms with Gasteiger partial charge in [0.05, 0.1) is 6.04 Å². The largest absolute Gasteiger partial charge is 0.334 e. The van der Waals surface area contributed by atoms with Gasteiger partial charge in [-0.2, -0.15) is 0 Å². The average molecular weight is 705 g/mol. The van der Waals surface area contributed by atoms with Crippen molar-refractivity contribution in [3.8, 4) is 0 Å². The monoisotopic (exact) mass is 705 g/mol. The fraction of sp³-hybridized carbons (Fsp3) is 0.608. The first-order chi connectivity index (χ1) is 26.0. The second-order valence-electron chi connectivity index (χ2n) is 19.8. The van der Waals surface area contributed by atoms with Crippen molar-refractivity contribution in [2.24, 2.45) is 58.7 Å². The summed E-state index contributed by atoms with van der Waals surface area (Å²) >= 11 is 0. The van der Waals surface area contributed by atoms with Gasteiger partial charge in [0.25, 0.3) is 0 Å². The summed E-state index contributed by atoms with van der Waals surface area (Å²) in [4.78, 5) is 5.74. The van der Waals surface area contributed by atoms with Crippen LogP contribution in [0, 0.1) is 58.7 Å². The van der Waals surface area contributed by atoms with E-state index in [0.717, 1.165) is 23.7 Å². The van der Waals surface area contributed by atoms with Crippen LogP contribution >= 0.6 is 0 Å². The summed E-state index contributed by atoms with van der Waals surface area (Å²) in [6.45, 7) is 5.14. The highest BCUT2D eigenvalue weighted by Crippen LogP contribution is 2.60. The molecule has 13 atom stereocenters. The van der Waals surface area contributed by atoms with Crippen LogP contribution in [-0.2, 0) is 0 Å². The second kappa shape index (κ2) is 13.1. The Bertz CT molecular complexity index is 1800. The first kappa shape index (κ1) is 33.5. The molecule has 2 aliphatic heterocycles. The Hall–Kier alpha value is -2.84. The Labute approximate surface area is 321 Å². The van der Waals surface area contributed by atoms with E-state index in [9.17, 15) is 0 Å². The van der Waals surface area contributed by atoms with E-state index in [2.05, 4.69) is 115 Å². The summed E-state index contributed by atoms with van der Waals surface area (Å²) in [7, 11) is 0. The molecule has 2 nitrogen and oxygen atoms in total. The molecule has 13 unspecified atom stereocenters. The molecule has 0 saturated carbocycles. The number of allylic oxidation sites excluding steroid dienone is 14. The number of nitrogens with zero attached hydrogens (tertiary/aromatic N) is 2. The highest BCUT2D eigenvalue weighted by Gasteiger charge is 2.54. The van der Waals surface area contributed by atoms with Gasteiger partial charge >= 0.3 is 0 Å².